The molecule has 1 saturated heterocycles. The van der Waals surface area contributed by atoms with Gasteiger partial charge in [0.1, 0.15) is 6.10 Å². The van der Waals surface area contributed by atoms with Crippen LogP contribution >= 0.6 is 23.2 Å². The quantitative estimate of drug-likeness (QED) is 0.759. The highest BCUT2D eigenvalue weighted by Crippen LogP contribution is 2.40. The molecular weight excluding hydrogens is 247 g/mol. The molecule has 0 unspecified atom stereocenters. The second-order valence-corrected chi connectivity index (χ2v) is 5.10. The van der Waals surface area contributed by atoms with E-state index in [0.29, 0.717) is 10.0 Å². The van der Waals surface area contributed by atoms with Gasteiger partial charge in [0, 0.05) is 15.6 Å². The van der Waals surface area contributed by atoms with Crippen LogP contribution in [0.15, 0.2) is 18.2 Å². The molecule has 1 aliphatic rings. The van der Waals surface area contributed by atoms with Gasteiger partial charge in [-0.05, 0) is 32.9 Å². The fourth-order valence-corrected chi connectivity index (χ4v) is 2.35. The number of hydrogen-bond donors (Lipinski definition) is 0. The van der Waals surface area contributed by atoms with Crippen LogP contribution in [0.1, 0.15) is 25.5 Å². The largest absolute Gasteiger partial charge is 0.344 e. The summed E-state index contributed by atoms with van der Waals surface area (Å²) in [6, 6.07) is 5.32. The van der Waals surface area contributed by atoms with Crippen molar-refractivity contribution < 1.29 is 9.47 Å². The van der Waals surface area contributed by atoms with Crippen LogP contribution in [0, 0.1) is 6.92 Å². The van der Waals surface area contributed by atoms with E-state index in [-0.39, 0.29) is 12.2 Å². The highest BCUT2D eigenvalue weighted by molar-refractivity contribution is 6.35. The maximum absolute atomic E-state index is 6.12. The Balaban J connectivity index is 2.31. The fourth-order valence-electron chi connectivity index (χ4n) is 1.83. The molecule has 4 heteroatoms. The third-order valence-corrected chi connectivity index (χ3v) is 3.02. The van der Waals surface area contributed by atoms with Crippen LogP contribution in [0.5, 0.6) is 0 Å². The fraction of sp³-hybridized carbons (Fsp3) is 0.417. The Morgan fingerprint density at radius 1 is 1.25 bits per heavy atom. The standard InChI is InChI=1S/C12H13Cl2O2/c1-7-11(16-12(2,3)15-7)9-5-4-8(13)6-10(9)14/h4-7,11H,1H2,2-3H3/t7-,11+/m1/s1. The summed E-state index contributed by atoms with van der Waals surface area (Å²) in [6.45, 7) is 7.63. The van der Waals surface area contributed by atoms with E-state index in [0.717, 1.165) is 5.56 Å². The first-order valence-corrected chi connectivity index (χ1v) is 5.78. The zero-order valence-electron chi connectivity index (χ0n) is 9.17. The highest BCUT2D eigenvalue weighted by atomic mass is 35.5. The topological polar surface area (TPSA) is 18.5 Å². The third-order valence-electron chi connectivity index (χ3n) is 2.45. The minimum absolute atomic E-state index is 0.250. The highest BCUT2D eigenvalue weighted by Gasteiger charge is 2.40. The van der Waals surface area contributed by atoms with Crippen LogP contribution in [0.25, 0.3) is 0 Å². The van der Waals surface area contributed by atoms with Crippen molar-refractivity contribution in [2.45, 2.75) is 31.8 Å². The van der Waals surface area contributed by atoms with Gasteiger partial charge in [-0.25, -0.2) is 0 Å². The molecule has 0 saturated carbocycles. The SMILES string of the molecule is [CH2][C@H]1OC(C)(C)O[C@@H]1c1ccc(Cl)cc1Cl. The number of benzene rings is 1. The van der Waals surface area contributed by atoms with Crippen LogP contribution in [0.3, 0.4) is 0 Å². The van der Waals surface area contributed by atoms with Crippen LogP contribution in [0.2, 0.25) is 10.0 Å². The van der Waals surface area contributed by atoms with E-state index in [1.807, 2.05) is 19.9 Å². The molecule has 1 heterocycles. The number of ether oxygens (including phenoxy) is 2. The zero-order valence-corrected chi connectivity index (χ0v) is 10.7. The van der Waals surface area contributed by atoms with Crippen LogP contribution in [-0.4, -0.2) is 11.9 Å². The molecule has 87 valence electrons. The van der Waals surface area contributed by atoms with E-state index >= 15 is 0 Å². The summed E-state index contributed by atoms with van der Waals surface area (Å²) in [4.78, 5) is 0. The Hall–Kier alpha value is -0.280. The zero-order chi connectivity index (χ0) is 11.9. The second-order valence-electron chi connectivity index (χ2n) is 4.26. The van der Waals surface area contributed by atoms with Gasteiger partial charge in [0.05, 0.1) is 6.10 Å². The third kappa shape index (κ3) is 2.35. The average Bonchev–Trinajstić information content (AvgIpc) is 2.39. The Labute approximate surface area is 105 Å². The van der Waals surface area contributed by atoms with Crippen molar-refractivity contribution in [1.29, 1.82) is 0 Å². The van der Waals surface area contributed by atoms with Crippen molar-refractivity contribution in [1.82, 2.24) is 0 Å². The van der Waals surface area contributed by atoms with Gasteiger partial charge >= 0.3 is 0 Å². The van der Waals surface area contributed by atoms with Gasteiger partial charge in [-0.15, -0.1) is 0 Å². The number of rotatable bonds is 1. The first kappa shape index (κ1) is 12.2. The first-order chi connectivity index (χ1) is 7.39. The second kappa shape index (κ2) is 4.19. The van der Waals surface area contributed by atoms with Crippen LogP contribution < -0.4 is 0 Å². The van der Waals surface area contributed by atoms with Crippen molar-refractivity contribution in [2.24, 2.45) is 0 Å². The van der Waals surface area contributed by atoms with E-state index in [4.69, 9.17) is 32.7 Å². The van der Waals surface area contributed by atoms with Gasteiger partial charge in [0.2, 0.25) is 0 Å². The van der Waals surface area contributed by atoms with Gasteiger partial charge in [-0.2, -0.15) is 0 Å². The summed E-state index contributed by atoms with van der Waals surface area (Å²) in [5.41, 5.74) is 0.858. The summed E-state index contributed by atoms with van der Waals surface area (Å²) in [5.74, 6) is -0.625. The van der Waals surface area contributed by atoms with E-state index in [9.17, 15) is 0 Å². The lowest BCUT2D eigenvalue weighted by Crippen LogP contribution is -2.20. The molecule has 1 aromatic carbocycles. The molecular formula is C12H13Cl2O2. The Bertz CT molecular complexity index is 404. The molecule has 2 atom stereocenters. The number of halogens is 2. The normalized spacial score (nSPS) is 28.3. The lowest BCUT2D eigenvalue weighted by atomic mass is 10.1. The average molecular weight is 260 g/mol. The molecule has 0 amide bonds. The summed E-state index contributed by atoms with van der Waals surface area (Å²) in [5, 5.41) is 1.18. The monoisotopic (exact) mass is 259 g/mol. The Morgan fingerprint density at radius 2 is 1.94 bits per heavy atom. The van der Waals surface area contributed by atoms with Gasteiger partial charge in [-0.1, -0.05) is 29.3 Å². The molecule has 0 aliphatic carbocycles. The molecule has 0 N–H and O–H groups in total. The molecule has 1 radical (unpaired) electrons. The van der Waals surface area contributed by atoms with E-state index in [2.05, 4.69) is 6.92 Å². The lowest BCUT2D eigenvalue weighted by Gasteiger charge is -2.17. The van der Waals surface area contributed by atoms with Crippen molar-refractivity contribution in [3.05, 3.63) is 40.7 Å². The maximum atomic E-state index is 6.12. The molecule has 2 nitrogen and oxygen atoms in total. The van der Waals surface area contributed by atoms with Crippen LogP contribution in [0.4, 0.5) is 0 Å². The Morgan fingerprint density at radius 3 is 2.44 bits per heavy atom. The van der Waals surface area contributed by atoms with Crippen molar-refractivity contribution >= 4 is 23.2 Å². The van der Waals surface area contributed by atoms with Crippen molar-refractivity contribution in [3.63, 3.8) is 0 Å². The molecule has 16 heavy (non-hydrogen) atoms. The molecule has 1 fully saturated rings. The minimum atomic E-state index is -0.625. The predicted molar refractivity (Wildman–Crippen MR) is 64.6 cm³/mol. The van der Waals surface area contributed by atoms with E-state index in [1.54, 1.807) is 12.1 Å². The lowest BCUT2D eigenvalue weighted by molar-refractivity contribution is -0.143. The molecule has 2 rings (SSSR count). The van der Waals surface area contributed by atoms with Gasteiger partial charge in [-0.3, -0.25) is 0 Å². The van der Waals surface area contributed by atoms with E-state index in [1.165, 1.54) is 0 Å². The summed E-state index contributed by atoms with van der Waals surface area (Å²) >= 11 is 12.0. The van der Waals surface area contributed by atoms with Gasteiger partial charge in [0.15, 0.2) is 5.79 Å². The molecule has 0 bridgehead atoms. The molecule has 0 spiro atoms. The van der Waals surface area contributed by atoms with Crippen molar-refractivity contribution in [3.8, 4) is 0 Å². The maximum Gasteiger partial charge on any atom is 0.164 e. The summed E-state index contributed by atoms with van der Waals surface area (Å²) in [6.07, 6.45) is -0.520. The summed E-state index contributed by atoms with van der Waals surface area (Å²) < 4.78 is 11.3. The van der Waals surface area contributed by atoms with Gasteiger partial charge in [0.25, 0.3) is 0 Å². The molecule has 1 aliphatic heterocycles. The first-order valence-electron chi connectivity index (χ1n) is 5.03. The van der Waals surface area contributed by atoms with E-state index < -0.39 is 5.79 Å². The number of hydrogen-bond acceptors (Lipinski definition) is 2. The van der Waals surface area contributed by atoms with Crippen molar-refractivity contribution in [2.75, 3.05) is 0 Å². The molecule has 0 aromatic heterocycles. The van der Waals surface area contributed by atoms with Gasteiger partial charge < -0.3 is 9.47 Å². The van der Waals surface area contributed by atoms with Crippen LogP contribution in [-0.2, 0) is 9.47 Å². The Kier molecular flexibility index (Phi) is 3.19. The smallest absolute Gasteiger partial charge is 0.164 e. The molecule has 1 aromatic rings. The minimum Gasteiger partial charge on any atom is -0.344 e. The predicted octanol–water partition coefficient (Wildman–Crippen LogP) is 4.02. The summed E-state index contributed by atoms with van der Waals surface area (Å²) in [7, 11) is 0.